The van der Waals surface area contributed by atoms with Gasteiger partial charge in [0.25, 0.3) is 5.88 Å². The molecule has 0 unspecified atom stereocenters. The average Bonchev–Trinajstić information content (AvgIpc) is 3.41. The van der Waals surface area contributed by atoms with Crippen molar-refractivity contribution in [2.24, 2.45) is 0 Å². The lowest BCUT2D eigenvalue weighted by molar-refractivity contribution is 0.278. The lowest BCUT2D eigenvalue weighted by Crippen LogP contribution is -1.93. The summed E-state index contributed by atoms with van der Waals surface area (Å²) < 4.78 is 25.0. The van der Waals surface area contributed by atoms with Gasteiger partial charge >= 0.3 is 0 Å². The minimum atomic E-state index is -0.581. The van der Waals surface area contributed by atoms with E-state index >= 15 is 0 Å². The second-order valence-corrected chi connectivity index (χ2v) is 5.95. The number of pyridine rings is 1. The topological polar surface area (TPSA) is 110 Å². The van der Waals surface area contributed by atoms with E-state index in [1.54, 1.807) is 36.5 Å². The molecule has 28 heavy (non-hydrogen) atoms. The van der Waals surface area contributed by atoms with Crippen LogP contribution in [0.3, 0.4) is 0 Å². The van der Waals surface area contributed by atoms with Gasteiger partial charge in [0, 0.05) is 36.5 Å². The molecule has 8 nitrogen and oxygen atoms in total. The number of ether oxygens (including phenoxy) is 1. The van der Waals surface area contributed by atoms with E-state index in [9.17, 15) is 4.39 Å². The number of rotatable bonds is 7. The molecule has 3 aromatic heterocycles. The number of hydrogen-bond acceptors (Lipinski definition) is 7. The lowest BCUT2D eigenvalue weighted by atomic mass is 10.2. The number of aromatic amines is 1. The molecule has 2 N–H and O–H groups in total. The van der Waals surface area contributed by atoms with Gasteiger partial charge in [0.2, 0.25) is 11.7 Å². The maximum atomic E-state index is 14.3. The second kappa shape index (κ2) is 7.97. The minimum Gasteiger partial charge on any atom is -0.436 e. The van der Waals surface area contributed by atoms with Crippen LogP contribution in [0.1, 0.15) is 12.3 Å². The third-order valence-electron chi connectivity index (χ3n) is 3.96. The number of aliphatic hydroxyl groups is 1. The van der Waals surface area contributed by atoms with Crippen LogP contribution in [0.15, 0.2) is 53.3 Å². The van der Waals surface area contributed by atoms with Crippen LogP contribution in [0.2, 0.25) is 0 Å². The van der Waals surface area contributed by atoms with Crippen molar-refractivity contribution < 1.29 is 18.8 Å². The fourth-order valence-corrected chi connectivity index (χ4v) is 2.55. The highest BCUT2D eigenvalue weighted by molar-refractivity contribution is 5.58. The number of nitrogens with one attached hydrogen (secondary N) is 1. The number of aryl methyl sites for hydroxylation is 1. The summed E-state index contributed by atoms with van der Waals surface area (Å²) in [7, 11) is 0. The molecule has 3 heterocycles. The Labute approximate surface area is 159 Å². The summed E-state index contributed by atoms with van der Waals surface area (Å²) in [5, 5.41) is 19.3. The monoisotopic (exact) mass is 381 g/mol. The highest BCUT2D eigenvalue weighted by Crippen LogP contribution is 2.27. The van der Waals surface area contributed by atoms with E-state index in [-0.39, 0.29) is 12.5 Å². The summed E-state index contributed by atoms with van der Waals surface area (Å²) >= 11 is 0. The van der Waals surface area contributed by atoms with Gasteiger partial charge in [-0.05, 0) is 42.8 Å². The molecule has 4 aromatic rings. The number of hydrogen-bond donors (Lipinski definition) is 2. The standard InChI is InChI=1S/C19H16FN5O3/c20-15-10-13(16-7-8-22-24-16)11-21-19(15)27-14-5-3-12(4-6-14)18-23-17(28-25-18)2-1-9-26/h3-8,10-11,26H,1-2,9H2,(H,22,24). The SMILES string of the molecule is OCCCc1nc(-c2ccc(Oc3ncc(-c4ccn[nH]4)cc3F)cc2)no1. The molecule has 0 bridgehead atoms. The molecular formula is C19H16FN5O3. The Balaban J connectivity index is 1.46. The predicted molar refractivity (Wildman–Crippen MR) is 97.0 cm³/mol. The molecule has 0 aliphatic carbocycles. The normalized spacial score (nSPS) is 10.9. The van der Waals surface area contributed by atoms with Gasteiger partial charge in [0.15, 0.2) is 5.82 Å². The molecule has 0 spiro atoms. The van der Waals surface area contributed by atoms with E-state index in [2.05, 4.69) is 25.3 Å². The first-order valence-corrected chi connectivity index (χ1v) is 8.60. The van der Waals surface area contributed by atoms with Crippen LogP contribution < -0.4 is 4.74 Å². The number of H-pyrrole nitrogens is 1. The van der Waals surface area contributed by atoms with Crippen molar-refractivity contribution >= 4 is 0 Å². The summed E-state index contributed by atoms with van der Waals surface area (Å²) in [6, 6.07) is 9.88. The number of aliphatic hydroxyl groups excluding tert-OH is 1. The van der Waals surface area contributed by atoms with Gasteiger partial charge < -0.3 is 14.4 Å². The van der Waals surface area contributed by atoms with Gasteiger partial charge in [0.1, 0.15) is 5.75 Å². The Morgan fingerprint density at radius 1 is 1.14 bits per heavy atom. The quantitative estimate of drug-likeness (QED) is 0.505. The van der Waals surface area contributed by atoms with Gasteiger partial charge in [-0.3, -0.25) is 5.10 Å². The third-order valence-corrected chi connectivity index (χ3v) is 3.96. The molecule has 0 saturated heterocycles. The maximum Gasteiger partial charge on any atom is 0.255 e. The average molecular weight is 381 g/mol. The van der Waals surface area contributed by atoms with Crippen LogP contribution in [0.4, 0.5) is 4.39 Å². The minimum absolute atomic E-state index is 0.0667. The Bertz CT molecular complexity index is 1050. The highest BCUT2D eigenvalue weighted by Gasteiger charge is 2.12. The van der Waals surface area contributed by atoms with Gasteiger partial charge in [-0.15, -0.1) is 0 Å². The Morgan fingerprint density at radius 3 is 2.71 bits per heavy atom. The third kappa shape index (κ3) is 3.89. The van der Waals surface area contributed by atoms with E-state index < -0.39 is 5.82 Å². The molecule has 0 amide bonds. The van der Waals surface area contributed by atoms with Crippen molar-refractivity contribution in [2.45, 2.75) is 12.8 Å². The van der Waals surface area contributed by atoms with Crippen LogP contribution in [-0.2, 0) is 6.42 Å². The Morgan fingerprint density at radius 2 is 2.00 bits per heavy atom. The van der Waals surface area contributed by atoms with Crippen LogP contribution in [0.5, 0.6) is 11.6 Å². The van der Waals surface area contributed by atoms with Crippen molar-refractivity contribution in [3.8, 4) is 34.3 Å². The molecule has 4 rings (SSSR count). The lowest BCUT2D eigenvalue weighted by Gasteiger charge is -2.07. The zero-order valence-electron chi connectivity index (χ0n) is 14.7. The van der Waals surface area contributed by atoms with Crippen LogP contribution in [0.25, 0.3) is 22.6 Å². The molecule has 0 aliphatic heterocycles. The molecule has 0 radical (unpaired) electrons. The van der Waals surface area contributed by atoms with E-state index in [4.69, 9.17) is 14.4 Å². The summed E-state index contributed by atoms with van der Waals surface area (Å²) in [5.74, 6) is 0.624. The number of halogens is 1. The summed E-state index contributed by atoms with van der Waals surface area (Å²) in [6.07, 6.45) is 4.17. The molecule has 0 saturated carbocycles. The van der Waals surface area contributed by atoms with Crippen molar-refractivity contribution in [3.63, 3.8) is 0 Å². The van der Waals surface area contributed by atoms with E-state index in [1.165, 1.54) is 12.3 Å². The van der Waals surface area contributed by atoms with Gasteiger partial charge in [0.05, 0.1) is 5.69 Å². The van der Waals surface area contributed by atoms with E-state index in [0.717, 1.165) is 5.56 Å². The first kappa shape index (κ1) is 17.8. The molecule has 0 fully saturated rings. The van der Waals surface area contributed by atoms with E-state index in [1.807, 2.05) is 0 Å². The van der Waals surface area contributed by atoms with Gasteiger partial charge in [-0.1, -0.05) is 5.16 Å². The molecule has 0 aliphatic rings. The van der Waals surface area contributed by atoms with Crippen molar-refractivity contribution in [1.29, 1.82) is 0 Å². The largest absolute Gasteiger partial charge is 0.436 e. The zero-order chi connectivity index (χ0) is 19.3. The smallest absolute Gasteiger partial charge is 0.255 e. The highest BCUT2D eigenvalue weighted by atomic mass is 19.1. The molecule has 142 valence electrons. The van der Waals surface area contributed by atoms with E-state index in [0.29, 0.717) is 41.6 Å². The number of aromatic nitrogens is 5. The molecule has 9 heteroatoms. The second-order valence-electron chi connectivity index (χ2n) is 5.95. The Kier molecular flexibility index (Phi) is 5.07. The van der Waals surface area contributed by atoms with Crippen molar-refractivity contribution in [3.05, 3.63) is 60.5 Å². The Hall–Kier alpha value is -3.59. The van der Waals surface area contributed by atoms with Crippen LogP contribution >= 0.6 is 0 Å². The molecular weight excluding hydrogens is 365 g/mol. The molecule has 1 aromatic carbocycles. The summed E-state index contributed by atoms with van der Waals surface area (Å²) in [4.78, 5) is 8.31. The molecule has 0 atom stereocenters. The van der Waals surface area contributed by atoms with Crippen LogP contribution in [-0.4, -0.2) is 37.0 Å². The first-order valence-electron chi connectivity index (χ1n) is 8.60. The van der Waals surface area contributed by atoms with Crippen molar-refractivity contribution in [1.82, 2.24) is 25.3 Å². The number of benzene rings is 1. The predicted octanol–water partition coefficient (Wildman–Crippen LogP) is 3.38. The maximum absolute atomic E-state index is 14.3. The number of nitrogens with zero attached hydrogens (tertiary/aromatic N) is 4. The van der Waals surface area contributed by atoms with Crippen molar-refractivity contribution in [2.75, 3.05) is 6.61 Å². The van der Waals surface area contributed by atoms with Crippen LogP contribution in [0, 0.1) is 5.82 Å². The first-order chi connectivity index (χ1) is 13.7. The summed E-state index contributed by atoms with van der Waals surface area (Å²) in [6.45, 7) is 0.0667. The fraction of sp³-hybridized carbons (Fsp3) is 0.158. The fourth-order valence-electron chi connectivity index (χ4n) is 2.55. The van der Waals surface area contributed by atoms with Gasteiger partial charge in [-0.2, -0.15) is 10.1 Å². The zero-order valence-corrected chi connectivity index (χ0v) is 14.7. The summed E-state index contributed by atoms with van der Waals surface area (Å²) in [5.41, 5.74) is 1.97. The van der Waals surface area contributed by atoms with Gasteiger partial charge in [-0.25, -0.2) is 9.37 Å².